The van der Waals surface area contributed by atoms with Gasteiger partial charge >= 0.3 is 0 Å². The molecule has 0 amide bonds. The number of nitrogens with zero attached hydrogens (tertiary/aromatic N) is 4. The quantitative estimate of drug-likeness (QED) is 0.813. The van der Waals surface area contributed by atoms with Crippen molar-refractivity contribution in [3.8, 4) is 0 Å². The van der Waals surface area contributed by atoms with Crippen LogP contribution in [-0.4, -0.2) is 15.5 Å². The summed E-state index contributed by atoms with van der Waals surface area (Å²) in [5, 5.41) is 15.6. The molecule has 2 rings (SSSR count). The lowest BCUT2D eigenvalue weighted by molar-refractivity contribution is 0.870. The summed E-state index contributed by atoms with van der Waals surface area (Å²) in [6.07, 6.45) is 0. The van der Waals surface area contributed by atoms with E-state index in [4.69, 9.17) is 23.2 Å². The number of rotatable bonds is 2. The Kier molecular flexibility index (Phi) is 2.90. The lowest BCUT2D eigenvalue weighted by Gasteiger charge is -2.04. The second kappa shape index (κ2) is 4.16. The van der Waals surface area contributed by atoms with Crippen molar-refractivity contribution in [3.05, 3.63) is 28.2 Å². The zero-order valence-corrected chi connectivity index (χ0v) is 9.01. The molecule has 7 heteroatoms. The molecule has 4 nitrogen and oxygen atoms in total. The Labute approximate surface area is 94.0 Å². The molecule has 0 aliphatic carbocycles. The van der Waals surface area contributed by atoms with Crippen LogP contribution in [0.2, 0.25) is 10.0 Å². The molecule has 1 aromatic heterocycles. The van der Waals surface area contributed by atoms with E-state index in [-0.39, 0.29) is 0 Å². The Morgan fingerprint density at radius 3 is 2.50 bits per heavy atom. The van der Waals surface area contributed by atoms with E-state index in [0.29, 0.717) is 20.1 Å². The van der Waals surface area contributed by atoms with Gasteiger partial charge in [0, 0.05) is 4.90 Å². The first kappa shape index (κ1) is 9.76. The van der Waals surface area contributed by atoms with Crippen molar-refractivity contribution in [2.45, 2.75) is 10.1 Å². The van der Waals surface area contributed by atoms with Crippen LogP contribution in [0.3, 0.4) is 0 Å². The molecule has 0 aliphatic rings. The highest BCUT2D eigenvalue weighted by Crippen LogP contribution is 2.36. The maximum atomic E-state index is 5.94. The molecule has 14 heavy (non-hydrogen) atoms. The molecule has 0 aliphatic heterocycles. The van der Waals surface area contributed by atoms with Crippen LogP contribution in [0.4, 0.5) is 0 Å². The molecule has 1 aromatic carbocycles. The van der Waals surface area contributed by atoms with Gasteiger partial charge in [0.15, 0.2) is 0 Å². The van der Waals surface area contributed by atoms with E-state index in [9.17, 15) is 0 Å². The normalized spacial score (nSPS) is 10.4. The first-order chi connectivity index (χ1) is 6.77. The van der Waals surface area contributed by atoms with E-state index in [0.717, 1.165) is 0 Å². The second-order valence-electron chi connectivity index (χ2n) is 2.31. The van der Waals surface area contributed by atoms with Crippen LogP contribution in [-0.2, 0) is 0 Å². The van der Waals surface area contributed by atoms with Crippen LogP contribution >= 0.6 is 35.0 Å². The number of halogens is 2. The van der Waals surface area contributed by atoms with Crippen molar-refractivity contribution < 1.29 is 0 Å². The van der Waals surface area contributed by atoms with Gasteiger partial charge in [0.2, 0.25) is 0 Å². The van der Waals surface area contributed by atoms with Gasteiger partial charge in [-0.2, -0.15) is 5.21 Å². The number of benzene rings is 1. The summed E-state index contributed by atoms with van der Waals surface area (Å²) in [6.45, 7) is 0. The largest absolute Gasteiger partial charge is 0.324 e. The maximum absolute atomic E-state index is 5.94. The van der Waals surface area contributed by atoms with Crippen LogP contribution in [0.15, 0.2) is 28.3 Å². The predicted molar refractivity (Wildman–Crippen MR) is 53.7 cm³/mol. The van der Waals surface area contributed by atoms with Crippen molar-refractivity contribution in [1.82, 2.24) is 20.6 Å². The van der Waals surface area contributed by atoms with Gasteiger partial charge in [-0.25, -0.2) is 0 Å². The van der Waals surface area contributed by atoms with Crippen LogP contribution in [0, 0.1) is 0 Å². The molecule has 0 saturated heterocycles. The van der Waals surface area contributed by atoms with Gasteiger partial charge in [-0.05, 0) is 12.1 Å². The molecule has 1 heterocycles. The fourth-order valence-electron chi connectivity index (χ4n) is 0.849. The van der Waals surface area contributed by atoms with Gasteiger partial charge in [-0.3, -0.25) is 10.3 Å². The summed E-state index contributed by atoms with van der Waals surface area (Å²) in [7, 11) is 0. The van der Waals surface area contributed by atoms with E-state index in [2.05, 4.69) is 20.6 Å². The molecule has 0 spiro atoms. The minimum Gasteiger partial charge on any atom is -0.324 e. The molecule has 0 atom stereocenters. The fraction of sp³-hybridized carbons (Fsp3) is 0. The highest BCUT2D eigenvalue weighted by Gasteiger charge is 2.06. The molecule has 72 valence electrons. The number of hydrogen-bond donors (Lipinski definition) is 0. The summed E-state index contributed by atoms with van der Waals surface area (Å²) in [6, 6.07) is 5.27. The SMILES string of the molecule is Clc1cccc(Cl)c1Sc1nnn[n-]1. The van der Waals surface area contributed by atoms with Crippen LogP contribution in [0.1, 0.15) is 0 Å². The summed E-state index contributed by atoms with van der Waals surface area (Å²) in [5.41, 5.74) is 0. The van der Waals surface area contributed by atoms with Gasteiger partial charge in [0.05, 0.1) is 15.2 Å². The molecule has 0 radical (unpaired) electrons. The molecule has 0 unspecified atom stereocenters. The Morgan fingerprint density at radius 1 is 1.21 bits per heavy atom. The monoisotopic (exact) mass is 245 g/mol. The van der Waals surface area contributed by atoms with E-state index in [1.165, 1.54) is 11.8 Å². The number of aromatic nitrogens is 4. The highest BCUT2D eigenvalue weighted by molar-refractivity contribution is 7.99. The first-order valence-corrected chi connectivity index (χ1v) is 5.15. The molecule has 0 saturated carbocycles. The third-order valence-electron chi connectivity index (χ3n) is 1.41. The molecule has 2 aromatic rings. The van der Waals surface area contributed by atoms with Crippen molar-refractivity contribution in [1.29, 1.82) is 0 Å². The molecular formula is C7H3Cl2N4S-. The van der Waals surface area contributed by atoms with E-state index >= 15 is 0 Å². The molecule has 0 N–H and O–H groups in total. The number of hydrogen-bond acceptors (Lipinski definition) is 4. The molecule has 0 fully saturated rings. The topological polar surface area (TPSA) is 52.8 Å². The minimum absolute atomic E-state index is 0.431. The molecular weight excluding hydrogens is 243 g/mol. The smallest absolute Gasteiger partial charge is 0.0710 e. The lowest BCUT2D eigenvalue weighted by Crippen LogP contribution is -1.81. The van der Waals surface area contributed by atoms with Crippen molar-refractivity contribution in [2.75, 3.05) is 0 Å². The minimum atomic E-state index is 0.431. The zero-order valence-electron chi connectivity index (χ0n) is 6.69. The average molecular weight is 246 g/mol. The maximum Gasteiger partial charge on any atom is 0.0710 e. The highest BCUT2D eigenvalue weighted by atomic mass is 35.5. The summed E-state index contributed by atoms with van der Waals surface area (Å²) in [5.74, 6) is 0. The summed E-state index contributed by atoms with van der Waals surface area (Å²) < 4.78 is 0. The second-order valence-corrected chi connectivity index (χ2v) is 4.11. The summed E-state index contributed by atoms with van der Waals surface area (Å²) in [4.78, 5) is 0.714. The van der Waals surface area contributed by atoms with E-state index < -0.39 is 0 Å². The average Bonchev–Trinajstić information content (AvgIpc) is 2.64. The third-order valence-corrected chi connectivity index (χ3v) is 3.26. The first-order valence-electron chi connectivity index (χ1n) is 3.58. The Morgan fingerprint density at radius 2 is 1.93 bits per heavy atom. The Balaban J connectivity index is 2.33. The standard InChI is InChI=1S/C7H3Cl2N4S/c8-4-2-1-3-5(9)6(4)14-7-10-12-13-11-7/h1-3H/q-1. The van der Waals surface area contributed by atoms with Crippen molar-refractivity contribution >= 4 is 35.0 Å². The van der Waals surface area contributed by atoms with Gasteiger partial charge < -0.3 is 5.10 Å². The zero-order chi connectivity index (χ0) is 9.97. The van der Waals surface area contributed by atoms with Gasteiger partial charge in [-0.1, -0.05) is 41.0 Å². The van der Waals surface area contributed by atoms with Crippen molar-refractivity contribution in [2.24, 2.45) is 0 Å². The molecule has 0 bridgehead atoms. The van der Waals surface area contributed by atoms with Crippen LogP contribution in [0.25, 0.3) is 0 Å². The van der Waals surface area contributed by atoms with Gasteiger partial charge in [0.25, 0.3) is 0 Å². The summed E-state index contributed by atoms with van der Waals surface area (Å²) >= 11 is 13.1. The Hall–Kier alpha value is -0.780. The van der Waals surface area contributed by atoms with Gasteiger partial charge in [-0.15, -0.1) is 0 Å². The predicted octanol–water partition coefficient (Wildman–Crippen LogP) is 2.29. The van der Waals surface area contributed by atoms with Crippen molar-refractivity contribution in [3.63, 3.8) is 0 Å². The fourth-order valence-corrected chi connectivity index (χ4v) is 2.15. The van der Waals surface area contributed by atoms with Gasteiger partial charge in [0.1, 0.15) is 0 Å². The number of tetrazole rings is 1. The van der Waals surface area contributed by atoms with Crippen LogP contribution < -0.4 is 5.10 Å². The van der Waals surface area contributed by atoms with E-state index in [1.54, 1.807) is 18.2 Å². The third kappa shape index (κ3) is 2.00. The Bertz CT molecular complexity index is 411. The van der Waals surface area contributed by atoms with E-state index in [1.807, 2.05) is 0 Å². The lowest BCUT2D eigenvalue weighted by atomic mass is 10.4. The van der Waals surface area contributed by atoms with Crippen LogP contribution in [0.5, 0.6) is 0 Å².